The molecular formula is C33H33F4N5O4S. The minimum Gasteiger partial charge on any atom is -0.379 e. The average Bonchev–Trinajstić information content (AvgIpc) is 3.43. The van der Waals surface area contributed by atoms with Gasteiger partial charge in [0.1, 0.15) is 23.9 Å². The summed E-state index contributed by atoms with van der Waals surface area (Å²) in [5.41, 5.74) is 2.55. The number of benzene rings is 2. The van der Waals surface area contributed by atoms with Crippen molar-refractivity contribution in [3.63, 3.8) is 0 Å². The lowest BCUT2D eigenvalue weighted by Gasteiger charge is -2.26. The van der Waals surface area contributed by atoms with Crippen molar-refractivity contribution >= 4 is 15.9 Å². The number of hydrogen-bond donors (Lipinski definition) is 1. The Hall–Kier alpha value is -4.14. The molecule has 1 atom stereocenters. The lowest BCUT2D eigenvalue weighted by molar-refractivity contribution is -0.122. The Bertz CT molecular complexity index is 1840. The molecule has 1 aliphatic carbocycles. The second kappa shape index (κ2) is 13.9. The molecule has 0 unspecified atom stereocenters. The van der Waals surface area contributed by atoms with Gasteiger partial charge in [-0.05, 0) is 73.6 Å². The zero-order chi connectivity index (χ0) is 33.1. The number of amides is 1. The molecule has 0 spiro atoms. The zero-order valence-electron chi connectivity index (χ0n) is 25.3. The highest BCUT2D eigenvalue weighted by molar-refractivity contribution is 7.89. The van der Waals surface area contributed by atoms with Crippen LogP contribution in [-0.2, 0) is 45.4 Å². The number of nitrogens with one attached hydrogen (secondary N) is 1. The van der Waals surface area contributed by atoms with E-state index in [0.29, 0.717) is 54.1 Å². The first-order valence-electron chi connectivity index (χ1n) is 15.3. The summed E-state index contributed by atoms with van der Waals surface area (Å²) < 4.78 is 90.2. The third-order valence-corrected chi connectivity index (χ3v) is 10.3. The second-order valence-corrected chi connectivity index (χ2v) is 13.5. The molecule has 0 saturated carbocycles. The van der Waals surface area contributed by atoms with Crippen LogP contribution in [0.4, 0.5) is 17.6 Å². The van der Waals surface area contributed by atoms with Gasteiger partial charge < -0.3 is 10.1 Å². The van der Waals surface area contributed by atoms with Crippen LogP contribution in [0, 0.1) is 11.6 Å². The van der Waals surface area contributed by atoms with Crippen molar-refractivity contribution in [3.05, 3.63) is 101 Å². The molecule has 248 valence electrons. The first-order valence-corrected chi connectivity index (χ1v) is 16.8. The number of rotatable bonds is 10. The first-order chi connectivity index (χ1) is 22.6. The number of morpholine rings is 1. The van der Waals surface area contributed by atoms with Crippen LogP contribution in [0.25, 0.3) is 11.1 Å². The number of nitrogens with zero attached hydrogens (tertiary/aromatic N) is 4. The predicted molar refractivity (Wildman–Crippen MR) is 164 cm³/mol. The molecule has 0 radical (unpaired) electrons. The molecule has 6 rings (SSSR count). The van der Waals surface area contributed by atoms with Crippen molar-refractivity contribution in [2.24, 2.45) is 0 Å². The number of pyridine rings is 1. The van der Waals surface area contributed by atoms with Gasteiger partial charge in [0.2, 0.25) is 15.9 Å². The van der Waals surface area contributed by atoms with Crippen molar-refractivity contribution in [1.82, 2.24) is 24.4 Å². The van der Waals surface area contributed by atoms with Crippen molar-refractivity contribution in [2.75, 3.05) is 26.3 Å². The Kier molecular flexibility index (Phi) is 9.71. The summed E-state index contributed by atoms with van der Waals surface area (Å²) in [5, 5.41) is 6.97. The average molecular weight is 672 g/mol. The van der Waals surface area contributed by atoms with Gasteiger partial charge in [-0.1, -0.05) is 18.2 Å². The standard InChI is InChI=1S/C33H33F4N5O4S/c34-23-16-21(17-24(35)19-23)18-28(39-30(43)20-42-29-6-2-1-4-27(29)32(40-42)33(36)37)31-26(5-3-11-38-31)22-7-9-25(10-8-22)47(44,45)41-12-14-46-15-13-41/h3,5,7-11,16-17,19,28,33H,1-2,4,6,12-15,18,20H2,(H,39,43)/t28-/m0/s1. The van der Waals surface area contributed by atoms with Crippen LogP contribution in [0.15, 0.2) is 65.7 Å². The fourth-order valence-corrected chi connectivity index (χ4v) is 7.65. The third-order valence-electron chi connectivity index (χ3n) is 8.43. The summed E-state index contributed by atoms with van der Waals surface area (Å²) in [6.07, 6.45) is 1.24. The Morgan fingerprint density at radius 3 is 2.36 bits per heavy atom. The summed E-state index contributed by atoms with van der Waals surface area (Å²) >= 11 is 0. The summed E-state index contributed by atoms with van der Waals surface area (Å²) in [4.78, 5) is 18.2. The molecule has 0 bridgehead atoms. The molecule has 2 aromatic heterocycles. The van der Waals surface area contributed by atoms with Crippen LogP contribution in [0.2, 0.25) is 0 Å². The van der Waals surface area contributed by atoms with Gasteiger partial charge in [-0.3, -0.25) is 14.5 Å². The molecule has 1 aliphatic heterocycles. The molecule has 4 aromatic rings. The zero-order valence-corrected chi connectivity index (χ0v) is 26.2. The molecule has 1 fully saturated rings. The molecule has 14 heteroatoms. The quantitative estimate of drug-likeness (QED) is 0.234. The monoisotopic (exact) mass is 671 g/mol. The number of hydrogen-bond acceptors (Lipinski definition) is 6. The van der Waals surface area contributed by atoms with E-state index in [0.717, 1.165) is 31.0 Å². The molecule has 3 heterocycles. The van der Waals surface area contributed by atoms with E-state index in [2.05, 4.69) is 15.4 Å². The number of sulfonamides is 1. The molecule has 2 aliphatic rings. The van der Waals surface area contributed by atoms with E-state index >= 15 is 0 Å². The minimum atomic E-state index is -3.74. The number of carbonyl (C=O) groups excluding carboxylic acids is 1. The summed E-state index contributed by atoms with van der Waals surface area (Å²) in [7, 11) is -3.74. The van der Waals surface area contributed by atoms with Crippen LogP contribution in [0.5, 0.6) is 0 Å². The number of alkyl halides is 2. The highest BCUT2D eigenvalue weighted by Gasteiger charge is 2.29. The molecule has 1 saturated heterocycles. The van der Waals surface area contributed by atoms with Crippen molar-refractivity contribution in [1.29, 1.82) is 0 Å². The highest BCUT2D eigenvalue weighted by atomic mass is 32.2. The van der Waals surface area contributed by atoms with Gasteiger partial charge in [0.05, 0.1) is 29.8 Å². The summed E-state index contributed by atoms with van der Waals surface area (Å²) in [5.74, 6) is -2.12. The molecule has 9 nitrogen and oxygen atoms in total. The van der Waals surface area contributed by atoms with Crippen LogP contribution in [-0.4, -0.2) is 59.7 Å². The van der Waals surface area contributed by atoms with Gasteiger partial charge in [0.15, 0.2) is 0 Å². The minimum absolute atomic E-state index is 0.0482. The Labute approximate surface area is 269 Å². The van der Waals surface area contributed by atoms with E-state index in [1.54, 1.807) is 24.3 Å². The van der Waals surface area contributed by atoms with E-state index < -0.39 is 40.0 Å². The highest BCUT2D eigenvalue weighted by Crippen LogP contribution is 2.32. The van der Waals surface area contributed by atoms with Crippen molar-refractivity contribution in [3.8, 4) is 11.1 Å². The predicted octanol–water partition coefficient (Wildman–Crippen LogP) is 5.16. The van der Waals surface area contributed by atoms with Gasteiger partial charge in [-0.2, -0.15) is 9.40 Å². The number of aromatic nitrogens is 3. The maximum atomic E-state index is 14.2. The van der Waals surface area contributed by atoms with Crippen LogP contribution in [0.1, 0.15) is 53.5 Å². The van der Waals surface area contributed by atoms with E-state index in [-0.39, 0.29) is 42.2 Å². The molecule has 1 amide bonds. The van der Waals surface area contributed by atoms with Crippen LogP contribution >= 0.6 is 0 Å². The van der Waals surface area contributed by atoms with Crippen LogP contribution in [0.3, 0.4) is 0 Å². The van der Waals surface area contributed by atoms with Gasteiger partial charge in [0, 0.05) is 42.2 Å². The van der Waals surface area contributed by atoms with E-state index in [9.17, 15) is 30.8 Å². The smallest absolute Gasteiger partial charge is 0.282 e. The number of fused-ring (bicyclic) bond motifs is 1. The Morgan fingerprint density at radius 1 is 0.957 bits per heavy atom. The third kappa shape index (κ3) is 7.24. The Balaban J connectivity index is 1.31. The number of carbonyl (C=O) groups is 1. The lowest BCUT2D eigenvalue weighted by Crippen LogP contribution is -2.40. The summed E-state index contributed by atoms with van der Waals surface area (Å²) in [6.45, 7) is 0.802. The fourth-order valence-electron chi connectivity index (χ4n) is 6.25. The number of halogens is 4. The van der Waals surface area contributed by atoms with Crippen molar-refractivity contribution in [2.45, 2.75) is 56.0 Å². The number of ether oxygens (including phenoxy) is 1. The topological polar surface area (TPSA) is 106 Å². The van der Waals surface area contributed by atoms with Crippen molar-refractivity contribution < 1.29 is 35.5 Å². The first kappa shape index (κ1) is 32.8. The molecule has 1 N–H and O–H groups in total. The molecular weight excluding hydrogens is 638 g/mol. The van der Waals surface area contributed by atoms with Gasteiger partial charge in [0.25, 0.3) is 6.43 Å². The fraction of sp³-hybridized carbons (Fsp3) is 0.364. The lowest BCUT2D eigenvalue weighted by atomic mass is 9.95. The van der Waals surface area contributed by atoms with Gasteiger partial charge in [-0.15, -0.1) is 0 Å². The molecule has 47 heavy (non-hydrogen) atoms. The van der Waals surface area contributed by atoms with Crippen LogP contribution < -0.4 is 5.32 Å². The van der Waals surface area contributed by atoms with Gasteiger partial charge >= 0.3 is 0 Å². The maximum absolute atomic E-state index is 14.2. The SMILES string of the molecule is O=C(Cn1nc(C(F)F)c2c1CCCC2)N[C@@H](Cc1cc(F)cc(F)c1)c1ncccc1-c1ccc(S(=O)(=O)N2CCOCC2)cc1. The maximum Gasteiger partial charge on any atom is 0.282 e. The Morgan fingerprint density at radius 2 is 1.66 bits per heavy atom. The largest absolute Gasteiger partial charge is 0.379 e. The molecule has 2 aromatic carbocycles. The summed E-state index contributed by atoms with van der Waals surface area (Å²) in [6, 6.07) is 11.9. The normalized spacial score (nSPS) is 16.2. The van der Waals surface area contributed by atoms with E-state index in [1.165, 1.54) is 27.3 Å². The van der Waals surface area contributed by atoms with Gasteiger partial charge in [-0.25, -0.2) is 26.0 Å². The van der Waals surface area contributed by atoms with E-state index in [4.69, 9.17) is 4.74 Å². The second-order valence-electron chi connectivity index (χ2n) is 11.6. The van der Waals surface area contributed by atoms with E-state index in [1.807, 2.05) is 0 Å².